The van der Waals surface area contributed by atoms with Crippen molar-refractivity contribution in [1.29, 1.82) is 0 Å². The van der Waals surface area contributed by atoms with Gasteiger partial charge in [-0.25, -0.2) is 0 Å². The minimum absolute atomic E-state index is 0.0824. The van der Waals surface area contributed by atoms with Gasteiger partial charge in [0.25, 0.3) is 14.2 Å². The molecule has 5 aromatic carbocycles. The Hall–Kier alpha value is -3.72. The number of hydrogen-bond donors (Lipinski definition) is 1. The summed E-state index contributed by atoms with van der Waals surface area (Å²) in [5.41, 5.74) is -0.268. The van der Waals surface area contributed by atoms with Gasteiger partial charge in [-0.2, -0.15) is 16.8 Å². The molecule has 0 aliphatic heterocycles. The predicted octanol–water partition coefficient (Wildman–Crippen LogP) is 5.49. The fourth-order valence-electron chi connectivity index (χ4n) is 4.51. The van der Waals surface area contributed by atoms with Crippen LogP contribution in [0, 0.1) is 0 Å². The van der Waals surface area contributed by atoms with Gasteiger partial charge in [-0.3, -0.25) is 4.55 Å². The zero-order chi connectivity index (χ0) is 24.7. The average molecular weight is 505 g/mol. The fraction of sp³-hybridized carbons (Fsp3) is 0.0370. The summed E-state index contributed by atoms with van der Waals surface area (Å²) in [6.07, 6.45) is 0. The van der Waals surface area contributed by atoms with Crippen LogP contribution in [0.25, 0.3) is 21.5 Å². The summed E-state index contributed by atoms with van der Waals surface area (Å²) in [5.74, 6) is -0.0824. The molecule has 0 bridgehead atoms. The molecule has 0 unspecified atom stereocenters. The number of para-hydroxylation sites is 1. The van der Waals surface area contributed by atoms with Gasteiger partial charge in [0.2, 0.25) is 0 Å². The van der Waals surface area contributed by atoms with Crippen molar-refractivity contribution in [3.8, 4) is 5.75 Å². The molecule has 0 atom stereocenters. The van der Waals surface area contributed by atoms with Crippen LogP contribution < -0.4 is 4.18 Å². The lowest BCUT2D eigenvalue weighted by atomic mass is 9.94. The van der Waals surface area contributed by atoms with E-state index in [0.29, 0.717) is 21.5 Å². The quantitative estimate of drug-likeness (QED) is 0.243. The Labute approximate surface area is 203 Å². The molecule has 0 aromatic heterocycles. The largest absolute Gasteiger partial charge is 0.381 e. The van der Waals surface area contributed by atoms with Gasteiger partial charge >= 0.3 is 10.1 Å². The van der Waals surface area contributed by atoms with Crippen molar-refractivity contribution in [2.24, 2.45) is 0 Å². The molecule has 0 fully saturated rings. The first kappa shape index (κ1) is 23.0. The van der Waals surface area contributed by atoms with Gasteiger partial charge in [-0.1, -0.05) is 103 Å². The maximum absolute atomic E-state index is 14.2. The van der Waals surface area contributed by atoms with Crippen molar-refractivity contribution in [3.05, 3.63) is 126 Å². The molecule has 0 aliphatic carbocycles. The van der Waals surface area contributed by atoms with Crippen molar-refractivity contribution in [2.45, 2.75) is 4.08 Å². The van der Waals surface area contributed by atoms with E-state index in [1.54, 1.807) is 91.0 Å². The number of fused-ring (bicyclic) bond motifs is 2. The molecule has 5 rings (SSSR count). The number of benzene rings is 5. The SMILES string of the molecule is O=S(=O)(O)C(c1cccc2ccccc12)(c1cccc2ccccc12)S(=O)(=O)Oc1ccccc1. The molecule has 6 nitrogen and oxygen atoms in total. The summed E-state index contributed by atoms with van der Waals surface area (Å²) >= 11 is 0. The third kappa shape index (κ3) is 3.67. The first-order chi connectivity index (χ1) is 16.8. The highest BCUT2D eigenvalue weighted by Crippen LogP contribution is 2.48. The zero-order valence-corrected chi connectivity index (χ0v) is 19.9. The Bertz CT molecular complexity index is 1670. The summed E-state index contributed by atoms with van der Waals surface area (Å²) in [7, 11) is -10.5. The molecule has 176 valence electrons. The molecule has 5 aromatic rings. The Morgan fingerprint density at radius 3 is 1.46 bits per heavy atom. The monoisotopic (exact) mass is 504 g/mol. The van der Waals surface area contributed by atoms with Gasteiger partial charge in [-0.15, -0.1) is 0 Å². The minimum Gasteiger partial charge on any atom is -0.381 e. The maximum Gasteiger partial charge on any atom is 0.341 e. The van der Waals surface area contributed by atoms with E-state index in [1.165, 1.54) is 24.3 Å². The lowest BCUT2D eigenvalue weighted by Crippen LogP contribution is -2.47. The molecule has 8 heteroatoms. The van der Waals surface area contributed by atoms with E-state index in [0.717, 1.165) is 0 Å². The first-order valence-electron chi connectivity index (χ1n) is 10.7. The Morgan fingerprint density at radius 1 is 0.543 bits per heavy atom. The lowest BCUT2D eigenvalue weighted by molar-refractivity contribution is 0.441. The van der Waals surface area contributed by atoms with Crippen molar-refractivity contribution in [1.82, 2.24) is 0 Å². The Morgan fingerprint density at radius 2 is 0.971 bits per heavy atom. The van der Waals surface area contributed by atoms with Gasteiger partial charge in [0, 0.05) is 11.1 Å². The molecule has 35 heavy (non-hydrogen) atoms. The van der Waals surface area contributed by atoms with Crippen LogP contribution in [0.3, 0.4) is 0 Å². The third-order valence-corrected chi connectivity index (χ3v) is 9.92. The molecule has 0 saturated carbocycles. The number of hydrogen-bond acceptors (Lipinski definition) is 5. The Kier molecular flexibility index (Phi) is 5.59. The van der Waals surface area contributed by atoms with E-state index in [4.69, 9.17) is 4.18 Å². The third-order valence-electron chi connectivity index (χ3n) is 5.95. The molecule has 0 heterocycles. The molecule has 1 N–H and O–H groups in total. The van der Waals surface area contributed by atoms with Crippen molar-refractivity contribution >= 4 is 41.8 Å². The minimum atomic E-state index is -5.41. The highest BCUT2D eigenvalue weighted by Gasteiger charge is 2.61. The van der Waals surface area contributed by atoms with Crippen LogP contribution >= 0.6 is 0 Å². The smallest absolute Gasteiger partial charge is 0.341 e. The van der Waals surface area contributed by atoms with E-state index in [1.807, 2.05) is 0 Å². The molecule has 0 amide bonds. The fourth-order valence-corrected chi connectivity index (χ4v) is 7.93. The zero-order valence-electron chi connectivity index (χ0n) is 18.3. The van der Waals surface area contributed by atoms with Crippen LogP contribution in [0.1, 0.15) is 11.1 Å². The van der Waals surface area contributed by atoms with E-state index in [2.05, 4.69) is 0 Å². The standard InChI is InChI=1S/C27H20O6S2/c28-34(29,30)27(35(31,32)33-22-14-2-1-3-15-22,25-18-8-12-20-10-4-6-16-23(20)25)26-19-9-13-21-11-5-7-17-24(21)26/h1-19H,(H,28,29,30). The predicted molar refractivity (Wildman–Crippen MR) is 136 cm³/mol. The van der Waals surface area contributed by atoms with Crippen LogP contribution in [-0.4, -0.2) is 21.4 Å². The van der Waals surface area contributed by atoms with Crippen molar-refractivity contribution in [3.63, 3.8) is 0 Å². The van der Waals surface area contributed by atoms with Gasteiger partial charge < -0.3 is 4.18 Å². The van der Waals surface area contributed by atoms with Gasteiger partial charge in [0.05, 0.1) is 0 Å². The van der Waals surface area contributed by atoms with Crippen molar-refractivity contribution in [2.75, 3.05) is 0 Å². The van der Waals surface area contributed by atoms with Crippen LogP contribution in [0.4, 0.5) is 0 Å². The summed E-state index contributed by atoms with van der Waals surface area (Å²) in [6.45, 7) is 0. The summed E-state index contributed by atoms with van der Waals surface area (Å²) < 4.78 is 68.7. The van der Waals surface area contributed by atoms with E-state index >= 15 is 0 Å². The Balaban J connectivity index is 2.00. The van der Waals surface area contributed by atoms with Gasteiger partial charge in [-0.05, 0) is 33.7 Å². The topological polar surface area (TPSA) is 97.7 Å². The van der Waals surface area contributed by atoms with Gasteiger partial charge in [0.15, 0.2) is 0 Å². The van der Waals surface area contributed by atoms with Crippen molar-refractivity contribution < 1.29 is 25.6 Å². The molecule has 0 saturated heterocycles. The molecule has 0 spiro atoms. The van der Waals surface area contributed by atoms with Crippen LogP contribution in [0.5, 0.6) is 5.75 Å². The lowest BCUT2D eigenvalue weighted by Gasteiger charge is -2.32. The average Bonchev–Trinajstić information content (AvgIpc) is 2.84. The first-order valence-corrected chi connectivity index (χ1v) is 13.5. The highest BCUT2D eigenvalue weighted by atomic mass is 32.3. The van der Waals surface area contributed by atoms with Crippen LogP contribution in [0.15, 0.2) is 115 Å². The summed E-state index contributed by atoms with van der Waals surface area (Å²) in [4.78, 5) is 0. The summed E-state index contributed by atoms with van der Waals surface area (Å²) in [5, 5.41) is 1.91. The van der Waals surface area contributed by atoms with E-state index in [-0.39, 0.29) is 16.9 Å². The van der Waals surface area contributed by atoms with Gasteiger partial charge in [0.1, 0.15) is 5.75 Å². The molecular formula is C27H20O6S2. The second-order valence-electron chi connectivity index (χ2n) is 8.00. The second kappa shape index (κ2) is 8.49. The normalized spacial score (nSPS) is 12.6. The van der Waals surface area contributed by atoms with E-state index < -0.39 is 24.3 Å². The van der Waals surface area contributed by atoms with E-state index in [9.17, 15) is 21.4 Å². The molecular weight excluding hydrogens is 484 g/mol. The maximum atomic E-state index is 14.2. The molecule has 0 radical (unpaired) electrons. The summed E-state index contributed by atoms with van der Waals surface area (Å²) in [6, 6.07) is 30.6. The number of rotatable bonds is 6. The molecule has 0 aliphatic rings. The van der Waals surface area contributed by atoms with Crippen LogP contribution in [0.2, 0.25) is 0 Å². The highest BCUT2D eigenvalue weighted by molar-refractivity contribution is 8.05. The second-order valence-corrected chi connectivity index (χ2v) is 11.5. The van der Waals surface area contributed by atoms with Crippen LogP contribution in [-0.2, 0) is 24.3 Å².